The predicted octanol–water partition coefficient (Wildman–Crippen LogP) is 5.13. The molecule has 1 amide bonds. The van der Waals surface area contributed by atoms with Crippen molar-refractivity contribution in [3.05, 3.63) is 36.1 Å². The standard InChI is InChI=1S/C31H56N4O2/c1-8-25(3)31(34(6)26(4)23-32-5)29(37-7)22-30(36)35-20-12-15-28(35)21-24(2)16-18-33-19-17-27-13-10-9-11-14-27/h10,13-14,24-25,28-29,31-33H,4,8-9,11-12,15-23H2,1-3,5-7H3/t24?,25?,28-,29?,31?/m0/s1. The van der Waals surface area contributed by atoms with Gasteiger partial charge in [0.25, 0.3) is 0 Å². The van der Waals surface area contributed by atoms with Gasteiger partial charge in [-0.15, -0.1) is 0 Å². The third-order valence-electron chi connectivity index (χ3n) is 8.46. The molecule has 1 saturated heterocycles. The number of allylic oxidation sites excluding steroid dienone is 3. The lowest BCUT2D eigenvalue weighted by Gasteiger charge is -2.40. The quantitative estimate of drug-likeness (QED) is 0.247. The van der Waals surface area contributed by atoms with Crippen molar-refractivity contribution in [3.8, 4) is 0 Å². The Balaban J connectivity index is 1.86. The molecule has 2 rings (SSSR count). The van der Waals surface area contributed by atoms with E-state index >= 15 is 0 Å². The van der Waals surface area contributed by atoms with Gasteiger partial charge in [0, 0.05) is 39.0 Å². The van der Waals surface area contributed by atoms with Crippen molar-refractivity contribution in [3.63, 3.8) is 0 Å². The van der Waals surface area contributed by atoms with Crippen LogP contribution in [0.3, 0.4) is 0 Å². The molecule has 212 valence electrons. The zero-order chi connectivity index (χ0) is 27.2. The van der Waals surface area contributed by atoms with E-state index in [1.54, 1.807) is 7.11 Å². The molecule has 37 heavy (non-hydrogen) atoms. The number of nitrogens with zero attached hydrogens (tertiary/aromatic N) is 2. The summed E-state index contributed by atoms with van der Waals surface area (Å²) in [6, 6.07) is 0.474. The fraction of sp³-hybridized carbons (Fsp3) is 0.774. The highest BCUT2D eigenvalue weighted by Crippen LogP contribution is 2.28. The molecule has 1 heterocycles. The van der Waals surface area contributed by atoms with Gasteiger partial charge in [0.05, 0.1) is 18.6 Å². The number of likely N-dealkylation sites (N-methyl/N-ethyl adjacent to an activating group) is 2. The number of carbonyl (C=O) groups is 1. The zero-order valence-corrected chi connectivity index (χ0v) is 24.7. The van der Waals surface area contributed by atoms with E-state index in [0.29, 0.717) is 24.3 Å². The van der Waals surface area contributed by atoms with Gasteiger partial charge in [-0.25, -0.2) is 0 Å². The largest absolute Gasteiger partial charge is 0.379 e. The summed E-state index contributed by atoms with van der Waals surface area (Å²) in [6.07, 6.45) is 16.2. The number of amides is 1. The molecule has 6 nitrogen and oxygen atoms in total. The summed E-state index contributed by atoms with van der Waals surface area (Å²) in [7, 11) is 5.77. The first-order chi connectivity index (χ1) is 17.8. The second-order valence-electron chi connectivity index (χ2n) is 11.3. The number of carbonyl (C=O) groups excluding carboxylic acids is 1. The SMILES string of the molecule is C=C(CNC)N(C)C(C(C)CC)C(CC(=O)N1CCC[C@H]1CC(C)CCNCCC1=CCCC=C1)OC. The average molecular weight is 517 g/mol. The van der Waals surface area contributed by atoms with E-state index in [4.69, 9.17) is 4.74 Å². The van der Waals surface area contributed by atoms with Crippen molar-refractivity contribution in [1.82, 2.24) is 20.4 Å². The maximum absolute atomic E-state index is 13.6. The Morgan fingerprint density at radius 2 is 2.08 bits per heavy atom. The van der Waals surface area contributed by atoms with Crippen molar-refractivity contribution < 1.29 is 9.53 Å². The molecule has 4 unspecified atom stereocenters. The number of hydrogen-bond acceptors (Lipinski definition) is 5. The van der Waals surface area contributed by atoms with Crippen molar-refractivity contribution >= 4 is 5.91 Å². The summed E-state index contributed by atoms with van der Waals surface area (Å²) in [5.41, 5.74) is 2.49. The second-order valence-corrected chi connectivity index (χ2v) is 11.3. The summed E-state index contributed by atoms with van der Waals surface area (Å²) < 4.78 is 5.98. The van der Waals surface area contributed by atoms with Gasteiger partial charge in [0.15, 0.2) is 0 Å². The fourth-order valence-corrected chi connectivity index (χ4v) is 5.96. The maximum atomic E-state index is 13.6. The predicted molar refractivity (Wildman–Crippen MR) is 157 cm³/mol. The Morgan fingerprint density at radius 3 is 2.73 bits per heavy atom. The molecule has 5 atom stereocenters. The van der Waals surface area contributed by atoms with Crippen molar-refractivity contribution in [1.29, 1.82) is 0 Å². The van der Waals surface area contributed by atoms with Crippen LogP contribution in [0.5, 0.6) is 0 Å². The Kier molecular flexibility index (Phi) is 14.6. The topological polar surface area (TPSA) is 56.8 Å². The average Bonchev–Trinajstić information content (AvgIpc) is 3.36. The minimum Gasteiger partial charge on any atom is -0.379 e. The number of hydrogen-bond donors (Lipinski definition) is 2. The smallest absolute Gasteiger partial charge is 0.225 e. The van der Waals surface area contributed by atoms with Crippen LogP contribution in [0.1, 0.15) is 78.6 Å². The summed E-state index contributed by atoms with van der Waals surface area (Å²) in [5, 5.41) is 6.82. The van der Waals surface area contributed by atoms with Crippen molar-refractivity contribution in [2.75, 3.05) is 47.4 Å². The number of ether oxygens (including phenoxy) is 1. The first kappa shape index (κ1) is 31.6. The van der Waals surface area contributed by atoms with E-state index in [1.165, 1.54) is 18.4 Å². The lowest BCUT2D eigenvalue weighted by atomic mass is 9.90. The lowest BCUT2D eigenvalue weighted by molar-refractivity contribution is -0.136. The van der Waals surface area contributed by atoms with Crippen LogP contribution in [-0.4, -0.2) is 81.3 Å². The van der Waals surface area contributed by atoms with E-state index < -0.39 is 0 Å². The van der Waals surface area contributed by atoms with Crippen LogP contribution in [0.4, 0.5) is 0 Å². The van der Waals surface area contributed by atoms with Gasteiger partial charge in [0.2, 0.25) is 5.91 Å². The van der Waals surface area contributed by atoms with Crippen molar-refractivity contribution in [2.24, 2.45) is 11.8 Å². The van der Waals surface area contributed by atoms with E-state index in [0.717, 1.165) is 70.4 Å². The highest BCUT2D eigenvalue weighted by molar-refractivity contribution is 5.77. The van der Waals surface area contributed by atoms with Crippen LogP contribution in [0.2, 0.25) is 0 Å². The second kappa shape index (κ2) is 17.1. The molecule has 0 saturated carbocycles. The van der Waals surface area contributed by atoms with Gasteiger partial charge in [-0.3, -0.25) is 4.79 Å². The third-order valence-corrected chi connectivity index (χ3v) is 8.46. The molecule has 0 bridgehead atoms. The molecule has 2 aliphatic rings. The molecule has 0 aromatic heterocycles. The molecular weight excluding hydrogens is 460 g/mol. The number of nitrogens with one attached hydrogen (secondary N) is 2. The zero-order valence-electron chi connectivity index (χ0n) is 24.7. The normalized spacial score (nSPS) is 20.9. The summed E-state index contributed by atoms with van der Waals surface area (Å²) >= 11 is 0. The van der Waals surface area contributed by atoms with E-state index in [1.807, 2.05) is 7.05 Å². The van der Waals surface area contributed by atoms with Crippen LogP contribution in [0.25, 0.3) is 0 Å². The summed E-state index contributed by atoms with van der Waals surface area (Å²) in [4.78, 5) is 17.9. The maximum Gasteiger partial charge on any atom is 0.225 e. The van der Waals surface area contributed by atoms with E-state index in [-0.39, 0.29) is 18.1 Å². The van der Waals surface area contributed by atoms with E-state index in [9.17, 15) is 4.79 Å². The van der Waals surface area contributed by atoms with Gasteiger partial charge >= 0.3 is 0 Å². The molecule has 1 aliphatic carbocycles. The first-order valence-electron chi connectivity index (χ1n) is 14.8. The minimum atomic E-state index is -0.155. The minimum absolute atomic E-state index is 0.116. The van der Waals surface area contributed by atoms with Gasteiger partial charge in [-0.05, 0) is 76.9 Å². The van der Waals surface area contributed by atoms with Crippen LogP contribution >= 0.6 is 0 Å². The van der Waals surface area contributed by atoms with Gasteiger partial charge in [-0.1, -0.05) is 57.6 Å². The van der Waals surface area contributed by atoms with Gasteiger partial charge in [-0.2, -0.15) is 0 Å². The Bertz CT molecular complexity index is 749. The van der Waals surface area contributed by atoms with Gasteiger partial charge in [0.1, 0.15) is 0 Å². The number of likely N-dealkylation sites (tertiary alicyclic amines) is 1. The van der Waals surface area contributed by atoms with Crippen LogP contribution in [0, 0.1) is 11.8 Å². The molecule has 0 radical (unpaired) electrons. The summed E-state index contributed by atoms with van der Waals surface area (Å²) in [6.45, 7) is 14.8. The third kappa shape index (κ3) is 10.2. The van der Waals surface area contributed by atoms with Crippen LogP contribution in [-0.2, 0) is 9.53 Å². The van der Waals surface area contributed by atoms with Gasteiger partial charge < -0.3 is 25.2 Å². The van der Waals surface area contributed by atoms with Crippen molar-refractivity contribution in [2.45, 2.75) is 96.7 Å². The first-order valence-corrected chi connectivity index (χ1v) is 14.8. The molecule has 1 fully saturated rings. The highest BCUT2D eigenvalue weighted by atomic mass is 16.5. The molecule has 0 aromatic carbocycles. The number of methoxy groups -OCH3 is 1. The molecule has 6 heteroatoms. The monoisotopic (exact) mass is 516 g/mol. The van der Waals surface area contributed by atoms with Crippen LogP contribution < -0.4 is 10.6 Å². The molecular formula is C31H56N4O2. The molecule has 0 spiro atoms. The molecule has 1 aliphatic heterocycles. The Labute approximate surface area is 228 Å². The fourth-order valence-electron chi connectivity index (χ4n) is 5.96. The molecule has 0 aromatic rings. The molecule has 2 N–H and O–H groups in total. The Morgan fingerprint density at radius 1 is 1.30 bits per heavy atom. The highest BCUT2D eigenvalue weighted by Gasteiger charge is 2.36. The number of rotatable bonds is 18. The van der Waals surface area contributed by atoms with E-state index in [2.05, 4.69) is 73.1 Å². The van der Waals surface area contributed by atoms with Crippen LogP contribution in [0.15, 0.2) is 36.1 Å². The Hall–Kier alpha value is -1.63. The summed E-state index contributed by atoms with van der Waals surface area (Å²) in [5.74, 6) is 1.24. The lowest BCUT2D eigenvalue weighted by Crippen LogP contribution is -2.49.